The van der Waals surface area contributed by atoms with Crippen LogP contribution in [0.2, 0.25) is 0 Å². The van der Waals surface area contributed by atoms with E-state index in [1.807, 2.05) is 0 Å². The second kappa shape index (κ2) is 2.13. The lowest BCUT2D eigenvalue weighted by Gasteiger charge is -2.00. The Hall–Kier alpha value is -0.110. The largest absolute Gasteiger partial charge is 0.364 e. The number of aliphatic hydroxyl groups excluding tert-OH is 1. The average molecular weight is 92.1 g/mol. The first-order valence-corrected chi connectivity index (χ1v) is 1.96. The zero-order chi connectivity index (χ0) is 5.15. The summed E-state index contributed by atoms with van der Waals surface area (Å²) in [6.07, 6.45) is -1.65. The van der Waals surface area contributed by atoms with Crippen molar-refractivity contribution in [3.63, 3.8) is 0 Å². The van der Waals surface area contributed by atoms with Crippen LogP contribution in [-0.4, -0.2) is 11.5 Å². The van der Waals surface area contributed by atoms with E-state index in [2.05, 4.69) is 0 Å². The second-order valence-corrected chi connectivity index (χ2v) is 1.62. The summed E-state index contributed by atoms with van der Waals surface area (Å²) in [7, 11) is 0. The fourth-order valence-corrected chi connectivity index (χ4v) is 0. The first-order chi connectivity index (χ1) is 2.64. The van der Waals surface area contributed by atoms with Crippen LogP contribution in [0.3, 0.4) is 0 Å². The Morgan fingerprint density at radius 1 is 1.50 bits per heavy atom. The third-order valence-corrected chi connectivity index (χ3v) is 0.550. The molecule has 1 atom stereocenters. The van der Waals surface area contributed by atoms with Gasteiger partial charge in [-0.25, -0.2) is 4.39 Å². The van der Waals surface area contributed by atoms with E-state index in [1.54, 1.807) is 13.8 Å². The highest BCUT2D eigenvalue weighted by Crippen LogP contribution is 1.99. The van der Waals surface area contributed by atoms with Crippen molar-refractivity contribution in [2.75, 3.05) is 0 Å². The molecule has 0 rings (SSSR count). The van der Waals surface area contributed by atoms with Gasteiger partial charge in [0.1, 0.15) is 0 Å². The highest BCUT2D eigenvalue weighted by Gasteiger charge is 2.02. The van der Waals surface area contributed by atoms with Gasteiger partial charge < -0.3 is 5.11 Å². The molecule has 0 saturated carbocycles. The standard InChI is InChI=1S/C4H9FO/c1-3(2)4(5)6/h3-4,6H,1-2H3. The highest BCUT2D eigenvalue weighted by atomic mass is 19.1. The zero-order valence-electron chi connectivity index (χ0n) is 3.98. The zero-order valence-corrected chi connectivity index (χ0v) is 3.98. The fraction of sp³-hybridized carbons (Fsp3) is 1.00. The van der Waals surface area contributed by atoms with Crippen molar-refractivity contribution in [3.05, 3.63) is 0 Å². The molecule has 0 aromatic carbocycles. The van der Waals surface area contributed by atoms with Gasteiger partial charge in [-0.3, -0.25) is 0 Å². The molecule has 0 bridgehead atoms. The van der Waals surface area contributed by atoms with Crippen LogP contribution in [0, 0.1) is 5.92 Å². The van der Waals surface area contributed by atoms with Crippen LogP contribution in [0.4, 0.5) is 4.39 Å². The van der Waals surface area contributed by atoms with Gasteiger partial charge in [0.25, 0.3) is 0 Å². The van der Waals surface area contributed by atoms with E-state index in [9.17, 15) is 4.39 Å². The van der Waals surface area contributed by atoms with Gasteiger partial charge in [0.05, 0.1) is 0 Å². The topological polar surface area (TPSA) is 20.2 Å². The lowest BCUT2D eigenvalue weighted by molar-refractivity contribution is 0.00169. The summed E-state index contributed by atoms with van der Waals surface area (Å²) < 4.78 is 11.4. The lowest BCUT2D eigenvalue weighted by Crippen LogP contribution is -2.05. The molecule has 0 aromatic heterocycles. The van der Waals surface area contributed by atoms with E-state index in [4.69, 9.17) is 5.11 Å². The van der Waals surface area contributed by atoms with Gasteiger partial charge in [-0.05, 0) is 0 Å². The second-order valence-electron chi connectivity index (χ2n) is 1.62. The SMILES string of the molecule is CC(C)C(O)F. The lowest BCUT2D eigenvalue weighted by atomic mass is 10.2. The first-order valence-electron chi connectivity index (χ1n) is 1.96. The number of alkyl halides is 1. The van der Waals surface area contributed by atoms with Crippen LogP contribution in [0.15, 0.2) is 0 Å². The Morgan fingerprint density at radius 2 is 1.67 bits per heavy atom. The van der Waals surface area contributed by atoms with Crippen molar-refractivity contribution in [3.8, 4) is 0 Å². The number of hydrogen-bond acceptors (Lipinski definition) is 1. The van der Waals surface area contributed by atoms with Crippen LogP contribution < -0.4 is 0 Å². The molecule has 2 heteroatoms. The summed E-state index contributed by atoms with van der Waals surface area (Å²) in [6.45, 7) is 3.23. The van der Waals surface area contributed by atoms with Crippen LogP contribution in [0.25, 0.3) is 0 Å². The smallest absolute Gasteiger partial charge is 0.198 e. The molecule has 0 aliphatic rings. The molecular formula is C4H9FO. The molecule has 0 heterocycles. The molecule has 1 nitrogen and oxygen atoms in total. The molecule has 0 spiro atoms. The molecule has 0 aliphatic heterocycles. The van der Waals surface area contributed by atoms with Gasteiger partial charge in [0.15, 0.2) is 6.36 Å². The van der Waals surface area contributed by atoms with Crippen LogP contribution in [-0.2, 0) is 0 Å². The first kappa shape index (κ1) is 5.89. The average Bonchev–Trinajstić information content (AvgIpc) is 1.36. The predicted octanol–water partition coefficient (Wildman–Crippen LogP) is 0.930. The molecule has 0 radical (unpaired) electrons. The maximum atomic E-state index is 11.4. The third kappa shape index (κ3) is 2.15. The van der Waals surface area contributed by atoms with E-state index >= 15 is 0 Å². The molecule has 0 fully saturated rings. The summed E-state index contributed by atoms with van der Waals surface area (Å²) in [6, 6.07) is 0. The minimum absolute atomic E-state index is 0.259. The van der Waals surface area contributed by atoms with Crippen molar-refractivity contribution >= 4 is 0 Å². The molecule has 0 aliphatic carbocycles. The maximum absolute atomic E-state index is 11.4. The molecule has 0 aromatic rings. The summed E-state index contributed by atoms with van der Waals surface area (Å²) in [4.78, 5) is 0. The quantitative estimate of drug-likeness (QED) is 0.510. The number of halogens is 1. The van der Waals surface area contributed by atoms with Gasteiger partial charge >= 0.3 is 0 Å². The van der Waals surface area contributed by atoms with Crippen LogP contribution >= 0.6 is 0 Å². The maximum Gasteiger partial charge on any atom is 0.198 e. The highest BCUT2D eigenvalue weighted by molar-refractivity contribution is 4.41. The summed E-state index contributed by atoms with van der Waals surface area (Å²) in [5, 5.41) is 7.96. The third-order valence-electron chi connectivity index (χ3n) is 0.550. The summed E-state index contributed by atoms with van der Waals surface area (Å²) in [5.41, 5.74) is 0. The van der Waals surface area contributed by atoms with Crippen LogP contribution in [0.1, 0.15) is 13.8 Å². The summed E-state index contributed by atoms with van der Waals surface area (Å²) in [5.74, 6) is -0.259. The molecule has 0 saturated heterocycles. The van der Waals surface area contributed by atoms with E-state index < -0.39 is 6.36 Å². The van der Waals surface area contributed by atoms with Crippen molar-refractivity contribution in [1.29, 1.82) is 0 Å². The fourth-order valence-electron chi connectivity index (χ4n) is 0. The van der Waals surface area contributed by atoms with Gasteiger partial charge in [0, 0.05) is 5.92 Å². The van der Waals surface area contributed by atoms with E-state index in [-0.39, 0.29) is 5.92 Å². The minimum Gasteiger partial charge on any atom is -0.364 e. The van der Waals surface area contributed by atoms with Gasteiger partial charge in [0.2, 0.25) is 0 Å². The normalized spacial score (nSPS) is 15.5. The Labute approximate surface area is 36.8 Å². The number of aliphatic hydroxyl groups is 1. The Kier molecular flexibility index (Phi) is 2.09. The van der Waals surface area contributed by atoms with E-state index in [0.717, 1.165) is 0 Å². The van der Waals surface area contributed by atoms with Gasteiger partial charge in [-0.2, -0.15) is 0 Å². The van der Waals surface area contributed by atoms with Crippen molar-refractivity contribution in [1.82, 2.24) is 0 Å². The summed E-state index contributed by atoms with van der Waals surface area (Å²) >= 11 is 0. The molecule has 1 unspecified atom stereocenters. The van der Waals surface area contributed by atoms with Gasteiger partial charge in [-0.1, -0.05) is 13.8 Å². The monoisotopic (exact) mass is 92.1 g/mol. The molecule has 6 heavy (non-hydrogen) atoms. The molecule has 38 valence electrons. The molecular weight excluding hydrogens is 83.0 g/mol. The molecule has 0 amide bonds. The Balaban J connectivity index is 2.99. The number of rotatable bonds is 1. The minimum atomic E-state index is -1.65. The van der Waals surface area contributed by atoms with Crippen molar-refractivity contribution in [2.45, 2.75) is 20.2 Å². The van der Waals surface area contributed by atoms with E-state index in [1.165, 1.54) is 0 Å². The molecule has 1 N–H and O–H groups in total. The van der Waals surface area contributed by atoms with Crippen molar-refractivity contribution < 1.29 is 9.50 Å². The predicted molar refractivity (Wildman–Crippen MR) is 22.0 cm³/mol. The van der Waals surface area contributed by atoms with Crippen molar-refractivity contribution in [2.24, 2.45) is 5.92 Å². The number of hydrogen-bond donors (Lipinski definition) is 1. The van der Waals surface area contributed by atoms with Crippen LogP contribution in [0.5, 0.6) is 0 Å². The van der Waals surface area contributed by atoms with E-state index in [0.29, 0.717) is 0 Å². The Morgan fingerprint density at radius 3 is 1.67 bits per heavy atom. The van der Waals surface area contributed by atoms with Gasteiger partial charge in [-0.15, -0.1) is 0 Å². The Bertz CT molecular complexity index is 28.5.